The topological polar surface area (TPSA) is 56.1 Å². The number of carbonyl (C=O) groups is 1. The molecule has 0 radical (unpaired) electrons. The molecule has 0 spiro atoms. The van der Waals surface area contributed by atoms with Crippen LogP contribution < -0.4 is 10.1 Å². The molecule has 136 valence electrons. The molecule has 0 saturated heterocycles. The number of hydrogen-bond acceptors (Lipinski definition) is 4. The lowest BCUT2D eigenvalue weighted by atomic mass is 10.2. The number of anilines is 1. The Kier molecular flexibility index (Phi) is 4.37. The summed E-state index contributed by atoms with van der Waals surface area (Å²) in [5.41, 5.74) is 2.22. The van der Waals surface area contributed by atoms with Crippen molar-refractivity contribution < 1.29 is 13.9 Å². The first-order valence-electron chi connectivity index (χ1n) is 8.25. The van der Waals surface area contributed by atoms with Crippen LogP contribution in [-0.4, -0.2) is 22.8 Å². The van der Waals surface area contributed by atoms with E-state index in [9.17, 15) is 9.18 Å². The zero-order valence-electron chi connectivity index (χ0n) is 14.7. The summed E-state index contributed by atoms with van der Waals surface area (Å²) in [6.45, 7) is 1.89. The fourth-order valence-corrected chi connectivity index (χ4v) is 3.89. The highest BCUT2D eigenvalue weighted by atomic mass is 32.1. The maximum atomic E-state index is 13.2. The quantitative estimate of drug-likeness (QED) is 0.553. The Bertz CT molecular complexity index is 1130. The van der Waals surface area contributed by atoms with Gasteiger partial charge in [0.05, 0.1) is 23.4 Å². The van der Waals surface area contributed by atoms with Gasteiger partial charge in [-0.3, -0.25) is 4.79 Å². The number of thiophene rings is 1. The largest absolute Gasteiger partial charge is 0.497 e. The molecule has 0 unspecified atom stereocenters. The van der Waals surface area contributed by atoms with Crippen molar-refractivity contribution >= 4 is 33.1 Å². The Morgan fingerprint density at radius 3 is 2.70 bits per heavy atom. The van der Waals surface area contributed by atoms with Crippen LogP contribution in [0.15, 0.2) is 54.6 Å². The lowest BCUT2D eigenvalue weighted by Crippen LogP contribution is -2.10. The number of rotatable bonds is 4. The molecule has 0 fully saturated rings. The van der Waals surface area contributed by atoms with Crippen molar-refractivity contribution in [3.63, 3.8) is 0 Å². The number of fused-ring (bicyclic) bond motifs is 1. The number of amides is 1. The molecule has 7 heteroatoms. The highest BCUT2D eigenvalue weighted by Gasteiger charge is 2.17. The fraction of sp³-hybridized carbons (Fsp3) is 0.100. The minimum absolute atomic E-state index is 0.200. The van der Waals surface area contributed by atoms with Gasteiger partial charge in [-0.1, -0.05) is 6.07 Å². The van der Waals surface area contributed by atoms with Crippen LogP contribution in [0.2, 0.25) is 0 Å². The molecular weight excluding hydrogens is 365 g/mol. The second-order valence-electron chi connectivity index (χ2n) is 5.99. The molecule has 2 aromatic carbocycles. The molecule has 0 aliphatic heterocycles. The van der Waals surface area contributed by atoms with Crippen molar-refractivity contribution in [2.24, 2.45) is 0 Å². The van der Waals surface area contributed by atoms with Crippen LogP contribution in [0.3, 0.4) is 0 Å². The van der Waals surface area contributed by atoms with E-state index in [1.807, 2.05) is 25.1 Å². The first-order chi connectivity index (χ1) is 13.0. The molecule has 0 aliphatic rings. The molecule has 0 bridgehead atoms. The molecule has 0 aliphatic carbocycles. The summed E-state index contributed by atoms with van der Waals surface area (Å²) >= 11 is 1.34. The normalized spacial score (nSPS) is 10.9. The molecule has 1 N–H and O–H groups in total. The molecule has 4 rings (SSSR count). The fourth-order valence-electron chi connectivity index (χ4n) is 2.81. The summed E-state index contributed by atoms with van der Waals surface area (Å²) in [6, 6.07) is 15.1. The summed E-state index contributed by atoms with van der Waals surface area (Å²) < 4.78 is 20.1. The van der Waals surface area contributed by atoms with Gasteiger partial charge in [0.25, 0.3) is 5.91 Å². The Labute approximate surface area is 159 Å². The third kappa shape index (κ3) is 3.29. The van der Waals surface area contributed by atoms with Crippen molar-refractivity contribution in [2.75, 3.05) is 12.4 Å². The second-order valence-corrected chi connectivity index (χ2v) is 7.02. The zero-order chi connectivity index (χ0) is 19.0. The van der Waals surface area contributed by atoms with Gasteiger partial charge in [0.1, 0.15) is 16.4 Å². The SMILES string of the molecule is COc1cccc(NC(=O)c2cc3c(C)nn(-c4ccc(F)cc4)c3s2)c1. The summed E-state index contributed by atoms with van der Waals surface area (Å²) in [4.78, 5) is 14.1. The molecule has 2 heterocycles. The van der Waals surface area contributed by atoms with E-state index in [1.54, 1.807) is 36.1 Å². The Morgan fingerprint density at radius 2 is 1.96 bits per heavy atom. The maximum Gasteiger partial charge on any atom is 0.265 e. The van der Waals surface area contributed by atoms with E-state index < -0.39 is 0 Å². The second kappa shape index (κ2) is 6.85. The molecule has 1 amide bonds. The lowest BCUT2D eigenvalue weighted by molar-refractivity contribution is 0.103. The molecular formula is C20H16FN3O2S. The monoisotopic (exact) mass is 381 g/mol. The third-order valence-corrected chi connectivity index (χ3v) is 5.28. The van der Waals surface area contributed by atoms with Crippen LogP contribution in [-0.2, 0) is 0 Å². The average Bonchev–Trinajstić information content (AvgIpc) is 3.24. The van der Waals surface area contributed by atoms with E-state index in [4.69, 9.17) is 4.74 Å². The molecule has 0 saturated carbocycles. The smallest absolute Gasteiger partial charge is 0.265 e. The summed E-state index contributed by atoms with van der Waals surface area (Å²) in [5, 5.41) is 8.30. The first-order valence-corrected chi connectivity index (χ1v) is 9.07. The third-order valence-electron chi connectivity index (χ3n) is 4.17. The average molecular weight is 381 g/mol. The first kappa shape index (κ1) is 17.2. The number of aryl methyl sites for hydroxylation is 1. The van der Waals surface area contributed by atoms with Crippen LogP contribution in [0.25, 0.3) is 15.9 Å². The lowest BCUT2D eigenvalue weighted by Gasteiger charge is -2.05. The van der Waals surface area contributed by atoms with Gasteiger partial charge in [-0.2, -0.15) is 5.10 Å². The van der Waals surface area contributed by atoms with Gasteiger partial charge in [-0.15, -0.1) is 11.3 Å². The van der Waals surface area contributed by atoms with E-state index in [2.05, 4.69) is 10.4 Å². The van der Waals surface area contributed by atoms with Crippen LogP contribution in [0, 0.1) is 12.7 Å². The number of halogens is 1. The van der Waals surface area contributed by atoms with E-state index in [0.717, 1.165) is 21.6 Å². The van der Waals surface area contributed by atoms with Gasteiger partial charge >= 0.3 is 0 Å². The van der Waals surface area contributed by atoms with Crippen molar-refractivity contribution in [1.29, 1.82) is 0 Å². The summed E-state index contributed by atoms with van der Waals surface area (Å²) in [5.74, 6) is 0.171. The van der Waals surface area contributed by atoms with Crippen LogP contribution in [0.4, 0.5) is 10.1 Å². The van der Waals surface area contributed by atoms with Gasteiger partial charge in [0, 0.05) is 17.1 Å². The molecule has 0 atom stereocenters. The van der Waals surface area contributed by atoms with E-state index in [-0.39, 0.29) is 11.7 Å². The highest BCUT2D eigenvalue weighted by Crippen LogP contribution is 2.31. The Hall–Kier alpha value is -3.19. The highest BCUT2D eigenvalue weighted by molar-refractivity contribution is 7.20. The van der Waals surface area contributed by atoms with Crippen LogP contribution in [0.5, 0.6) is 5.75 Å². The van der Waals surface area contributed by atoms with Crippen molar-refractivity contribution in [1.82, 2.24) is 9.78 Å². The van der Waals surface area contributed by atoms with Crippen molar-refractivity contribution in [3.05, 3.63) is 71.0 Å². The number of hydrogen-bond donors (Lipinski definition) is 1. The van der Waals surface area contributed by atoms with Crippen molar-refractivity contribution in [2.45, 2.75) is 6.92 Å². The predicted octanol–water partition coefficient (Wildman–Crippen LogP) is 4.80. The van der Waals surface area contributed by atoms with Gasteiger partial charge in [-0.25, -0.2) is 9.07 Å². The van der Waals surface area contributed by atoms with Gasteiger partial charge in [0.15, 0.2) is 0 Å². The van der Waals surface area contributed by atoms with Gasteiger partial charge in [-0.05, 0) is 49.4 Å². The number of aromatic nitrogens is 2. The van der Waals surface area contributed by atoms with Gasteiger partial charge in [0.2, 0.25) is 0 Å². The zero-order valence-corrected chi connectivity index (χ0v) is 15.5. The van der Waals surface area contributed by atoms with Crippen molar-refractivity contribution in [3.8, 4) is 11.4 Å². The summed E-state index contributed by atoms with van der Waals surface area (Å²) in [6.07, 6.45) is 0. The van der Waals surface area contributed by atoms with Crippen LogP contribution >= 0.6 is 11.3 Å². The number of nitrogens with one attached hydrogen (secondary N) is 1. The molecule has 5 nitrogen and oxygen atoms in total. The number of nitrogens with zero attached hydrogens (tertiary/aromatic N) is 2. The molecule has 27 heavy (non-hydrogen) atoms. The molecule has 4 aromatic rings. The molecule has 2 aromatic heterocycles. The number of carbonyl (C=O) groups excluding carboxylic acids is 1. The number of benzene rings is 2. The Morgan fingerprint density at radius 1 is 1.19 bits per heavy atom. The van der Waals surface area contributed by atoms with E-state index in [0.29, 0.717) is 16.3 Å². The Balaban J connectivity index is 1.68. The van der Waals surface area contributed by atoms with Crippen LogP contribution in [0.1, 0.15) is 15.4 Å². The summed E-state index contributed by atoms with van der Waals surface area (Å²) in [7, 11) is 1.58. The maximum absolute atomic E-state index is 13.2. The van der Waals surface area contributed by atoms with E-state index >= 15 is 0 Å². The van der Waals surface area contributed by atoms with E-state index in [1.165, 1.54) is 23.5 Å². The predicted molar refractivity (Wildman–Crippen MR) is 105 cm³/mol. The van der Waals surface area contributed by atoms with Gasteiger partial charge < -0.3 is 10.1 Å². The standard InChI is InChI=1S/C20H16FN3O2S/c1-12-17-11-18(19(25)22-14-4-3-5-16(10-14)26-2)27-20(17)24(23-12)15-8-6-13(21)7-9-15/h3-11H,1-2H3,(H,22,25). The number of ether oxygens (including phenoxy) is 1. The minimum Gasteiger partial charge on any atom is -0.497 e. The number of methoxy groups -OCH3 is 1. The minimum atomic E-state index is -0.302.